The van der Waals surface area contributed by atoms with Gasteiger partial charge in [0.05, 0.1) is 11.9 Å². The van der Waals surface area contributed by atoms with E-state index in [2.05, 4.69) is 5.32 Å². The van der Waals surface area contributed by atoms with Crippen molar-refractivity contribution in [1.82, 2.24) is 5.32 Å². The van der Waals surface area contributed by atoms with E-state index in [9.17, 15) is 13.2 Å². The number of hydrogen-bond acceptors (Lipinski definition) is 3. The minimum Gasteiger partial charge on any atom is -0.352 e. The van der Waals surface area contributed by atoms with Crippen molar-refractivity contribution in [3.05, 3.63) is 29.3 Å². The number of nitrogens with one attached hydrogen (secondary N) is 1. The number of halogens is 1. The molecule has 0 spiro atoms. The molecular weight excluding hydrogens is 336 g/mol. The van der Waals surface area contributed by atoms with Gasteiger partial charge in [0.25, 0.3) is 0 Å². The van der Waals surface area contributed by atoms with Gasteiger partial charge in [-0.25, -0.2) is 8.42 Å². The van der Waals surface area contributed by atoms with E-state index in [0.717, 1.165) is 23.4 Å². The van der Waals surface area contributed by atoms with Gasteiger partial charge in [0, 0.05) is 11.1 Å². The first-order valence-electron chi connectivity index (χ1n) is 7.76. The summed E-state index contributed by atoms with van der Waals surface area (Å²) in [7, 11) is -3.61. The highest BCUT2D eigenvalue weighted by molar-refractivity contribution is 7.92. The molecule has 7 heteroatoms. The Morgan fingerprint density at radius 1 is 1.26 bits per heavy atom. The van der Waals surface area contributed by atoms with Gasteiger partial charge >= 0.3 is 0 Å². The van der Waals surface area contributed by atoms with E-state index < -0.39 is 16.1 Å². The Labute approximate surface area is 144 Å². The summed E-state index contributed by atoms with van der Waals surface area (Å²) in [6.07, 6.45) is 3.28. The van der Waals surface area contributed by atoms with Gasteiger partial charge in [-0.15, -0.1) is 0 Å². The first-order chi connectivity index (χ1) is 10.7. The zero-order valence-electron chi connectivity index (χ0n) is 14.0. The van der Waals surface area contributed by atoms with Crippen molar-refractivity contribution in [2.75, 3.05) is 10.6 Å². The molecule has 5 nitrogen and oxygen atoms in total. The van der Waals surface area contributed by atoms with Gasteiger partial charge in [-0.1, -0.05) is 31.9 Å². The Morgan fingerprint density at radius 2 is 1.83 bits per heavy atom. The summed E-state index contributed by atoms with van der Waals surface area (Å²) in [4.78, 5) is 12.5. The van der Waals surface area contributed by atoms with Crippen LogP contribution >= 0.6 is 11.6 Å². The molecule has 0 saturated carbocycles. The lowest BCUT2D eigenvalue weighted by Gasteiger charge is -2.31. The number of sulfonamides is 1. The molecule has 0 bridgehead atoms. The second kappa shape index (κ2) is 8.55. The average Bonchev–Trinajstić information content (AvgIpc) is 2.44. The zero-order chi connectivity index (χ0) is 17.6. The van der Waals surface area contributed by atoms with Crippen LogP contribution in [-0.2, 0) is 14.8 Å². The van der Waals surface area contributed by atoms with E-state index in [4.69, 9.17) is 11.6 Å². The van der Waals surface area contributed by atoms with Crippen molar-refractivity contribution < 1.29 is 13.2 Å². The second-order valence-electron chi connectivity index (χ2n) is 5.66. The first-order valence-corrected chi connectivity index (χ1v) is 9.98. The van der Waals surface area contributed by atoms with Crippen molar-refractivity contribution in [1.29, 1.82) is 0 Å². The predicted octanol–water partition coefficient (Wildman–Crippen LogP) is 3.19. The average molecular weight is 361 g/mol. The molecule has 1 N–H and O–H groups in total. The molecule has 1 aromatic rings. The molecule has 0 aliphatic rings. The summed E-state index contributed by atoms with van der Waals surface area (Å²) in [6.45, 7) is 5.75. The molecule has 0 saturated heterocycles. The van der Waals surface area contributed by atoms with Crippen molar-refractivity contribution in [2.45, 2.75) is 52.1 Å². The number of amides is 1. The molecule has 2 atom stereocenters. The highest BCUT2D eigenvalue weighted by Gasteiger charge is 2.31. The molecule has 0 radical (unpaired) electrons. The number of hydrogen-bond donors (Lipinski definition) is 1. The topological polar surface area (TPSA) is 66.5 Å². The Balaban J connectivity index is 3.13. The number of benzene rings is 1. The molecule has 0 aliphatic carbocycles. The van der Waals surface area contributed by atoms with Gasteiger partial charge < -0.3 is 5.32 Å². The van der Waals surface area contributed by atoms with E-state index in [1.54, 1.807) is 31.2 Å². The fourth-order valence-corrected chi connectivity index (χ4v) is 3.83. The molecule has 130 valence electrons. The highest BCUT2D eigenvalue weighted by Crippen LogP contribution is 2.24. The minimum atomic E-state index is -3.61. The number of nitrogens with zero attached hydrogens (tertiary/aromatic N) is 1. The summed E-state index contributed by atoms with van der Waals surface area (Å²) in [5.41, 5.74) is 0.432. The van der Waals surface area contributed by atoms with Gasteiger partial charge in [-0.2, -0.15) is 0 Å². The van der Waals surface area contributed by atoms with Crippen molar-refractivity contribution in [2.24, 2.45) is 0 Å². The van der Waals surface area contributed by atoms with Crippen LogP contribution in [0.1, 0.15) is 40.0 Å². The number of anilines is 1. The summed E-state index contributed by atoms with van der Waals surface area (Å²) in [5, 5.41) is 3.40. The molecule has 23 heavy (non-hydrogen) atoms. The monoisotopic (exact) mass is 360 g/mol. The SMILES string of the molecule is CCC[C@@H](C)NC(=O)[C@H](CC)N(c1ccc(Cl)cc1)S(C)(=O)=O. The predicted molar refractivity (Wildman–Crippen MR) is 95.4 cm³/mol. The van der Waals surface area contributed by atoms with Gasteiger partial charge in [0.15, 0.2) is 0 Å². The number of carbonyl (C=O) groups is 1. The third-order valence-electron chi connectivity index (χ3n) is 3.52. The first kappa shape index (κ1) is 19.8. The maximum Gasteiger partial charge on any atom is 0.244 e. The van der Waals surface area contributed by atoms with Crippen LogP contribution in [0.25, 0.3) is 0 Å². The third kappa shape index (κ3) is 5.70. The van der Waals surface area contributed by atoms with Crippen LogP contribution < -0.4 is 9.62 Å². The summed E-state index contributed by atoms with van der Waals surface area (Å²) < 4.78 is 25.7. The van der Waals surface area contributed by atoms with Gasteiger partial charge in [-0.3, -0.25) is 9.10 Å². The molecule has 1 aromatic carbocycles. The summed E-state index contributed by atoms with van der Waals surface area (Å²) >= 11 is 5.86. The normalized spacial score (nSPS) is 14.1. The number of carbonyl (C=O) groups excluding carboxylic acids is 1. The molecule has 0 unspecified atom stereocenters. The highest BCUT2D eigenvalue weighted by atomic mass is 35.5. The smallest absolute Gasteiger partial charge is 0.244 e. The van der Waals surface area contributed by atoms with E-state index in [1.165, 1.54) is 0 Å². The zero-order valence-corrected chi connectivity index (χ0v) is 15.6. The van der Waals surface area contributed by atoms with Crippen LogP contribution in [0.2, 0.25) is 5.02 Å². The fourth-order valence-electron chi connectivity index (χ4n) is 2.49. The maximum absolute atomic E-state index is 12.5. The van der Waals surface area contributed by atoms with Crippen LogP contribution in [-0.4, -0.2) is 32.7 Å². The minimum absolute atomic E-state index is 0.00757. The lowest BCUT2D eigenvalue weighted by molar-refractivity contribution is -0.122. The van der Waals surface area contributed by atoms with E-state index >= 15 is 0 Å². The van der Waals surface area contributed by atoms with Crippen LogP contribution in [0.15, 0.2) is 24.3 Å². The van der Waals surface area contributed by atoms with E-state index in [1.807, 2.05) is 13.8 Å². The maximum atomic E-state index is 12.5. The van der Waals surface area contributed by atoms with Gasteiger partial charge in [-0.05, 0) is 44.0 Å². The molecule has 0 heterocycles. The van der Waals surface area contributed by atoms with Crippen LogP contribution in [0.3, 0.4) is 0 Å². The Morgan fingerprint density at radius 3 is 2.26 bits per heavy atom. The largest absolute Gasteiger partial charge is 0.352 e. The van der Waals surface area contributed by atoms with Gasteiger partial charge in [0.2, 0.25) is 15.9 Å². The molecule has 1 amide bonds. The molecular formula is C16H25ClN2O3S. The molecule has 0 aromatic heterocycles. The van der Waals surface area contributed by atoms with Crippen LogP contribution in [0.4, 0.5) is 5.69 Å². The lowest BCUT2D eigenvalue weighted by Crippen LogP contribution is -2.51. The van der Waals surface area contributed by atoms with Crippen molar-refractivity contribution in [3.8, 4) is 0 Å². The standard InChI is InChI=1S/C16H25ClN2O3S/c1-5-7-12(3)18-16(20)15(6-2)19(23(4,21)22)14-10-8-13(17)9-11-14/h8-12,15H,5-7H2,1-4H3,(H,18,20)/t12-,15+/m1/s1. The Bertz CT molecular complexity index is 617. The molecule has 0 aliphatic heterocycles. The molecule has 0 fully saturated rings. The Hall–Kier alpha value is -1.27. The van der Waals surface area contributed by atoms with Crippen molar-refractivity contribution >= 4 is 33.2 Å². The van der Waals surface area contributed by atoms with Gasteiger partial charge in [0.1, 0.15) is 6.04 Å². The third-order valence-corrected chi connectivity index (χ3v) is 4.95. The second-order valence-corrected chi connectivity index (χ2v) is 7.95. The molecule has 1 rings (SSSR count). The number of rotatable bonds is 8. The van der Waals surface area contributed by atoms with E-state index in [0.29, 0.717) is 17.1 Å². The quantitative estimate of drug-likeness (QED) is 0.774. The van der Waals surface area contributed by atoms with E-state index in [-0.39, 0.29) is 11.9 Å². The fraction of sp³-hybridized carbons (Fsp3) is 0.562. The van der Waals surface area contributed by atoms with Crippen LogP contribution in [0, 0.1) is 0 Å². The van der Waals surface area contributed by atoms with Crippen molar-refractivity contribution in [3.63, 3.8) is 0 Å². The van der Waals surface area contributed by atoms with Crippen LogP contribution in [0.5, 0.6) is 0 Å². The lowest BCUT2D eigenvalue weighted by atomic mass is 10.1. The Kier molecular flexibility index (Phi) is 7.35. The summed E-state index contributed by atoms with van der Waals surface area (Å²) in [5.74, 6) is -0.283. The summed E-state index contributed by atoms with van der Waals surface area (Å²) in [6, 6.07) is 5.65.